The molecular formula is C25H35N3O2. The number of rotatable bonds is 6. The summed E-state index contributed by atoms with van der Waals surface area (Å²) in [6.07, 6.45) is 8.89. The van der Waals surface area contributed by atoms with Gasteiger partial charge in [0.2, 0.25) is 0 Å². The molecule has 1 saturated carbocycles. The topological polar surface area (TPSA) is 58.4 Å². The van der Waals surface area contributed by atoms with E-state index in [1.807, 2.05) is 6.92 Å². The summed E-state index contributed by atoms with van der Waals surface area (Å²) in [7, 11) is 0. The van der Waals surface area contributed by atoms with Gasteiger partial charge in [-0.1, -0.05) is 54.8 Å². The van der Waals surface area contributed by atoms with Crippen LogP contribution in [-0.2, 0) is 0 Å². The fraction of sp³-hybridized carbons (Fsp3) is 0.600. The number of aryl methyl sites for hydroxylation is 2. The average molecular weight is 410 g/mol. The minimum absolute atomic E-state index is 0.0472. The largest absolute Gasteiger partial charge is 0.361 e. The van der Waals surface area contributed by atoms with Crippen molar-refractivity contribution in [3.8, 4) is 0 Å². The van der Waals surface area contributed by atoms with E-state index in [0.717, 1.165) is 38.4 Å². The number of carbonyl (C=O) groups is 1. The summed E-state index contributed by atoms with van der Waals surface area (Å²) in [5.74, 6) is 1.98. The van der Waals surface area contributed by atoms with Gasteiger partial charge in [-0.2, -0.15) is 0 Å². The summed E-state index contributed by atoms with van der Waals surface area (Å²) in [6, 6.07) is 11.3. The van der Waals surface area contributed by atoms with Crippen molar-refractivity contribution >= 4 is 5.91 Å². The molecule has 4 rings (SSSR count). The number of likely N-dealkylation sites (tertiary alicyclic amines) is 1. The maximum Gasteiger partial charge on any atom is 0.257 e. The Hall–Kier alpha value is -2.14. The molecule has 1 aliphatic heterocycles. The first-order valence-electron chi connectivity index (χ1n) is 11.6. The summed E-state index contributed by atoms with van der Waals surface area (Å²) in [5, 5.41) is 7.11. The highest BCUT2D eigenvalue weighted by Gasteiger charge is 2.29. The molecule has 5 heteroatoms. The van der Waals surface area contributed by atoms with Crippen LogP contribution in [0.3, 0.4) is 0 Å². The van der Waals surface area contributed by atoms with Gasteiger partial charge in [0.15, 0.2) is 0 Å². The number of nitrogens with one attached hydrogen (secondary N) is 1. The van der Waals surface area contributed by atoms with Gasteiger partial charge in [-0.3, -0.25) is 4.79 Å². The smallest absolute Gasteiger partial charge is 0.257 e. The van der Waals surface area contributed by atoms with Crippen LogP contribution in [0.4, 0.5) is 0 Å². The van der Waals surface area contributed by atoms with Gasteiger partial charge in [0.1, 0.15) is 11.3 Å². The molecule has 30 heavy (non-hydrogen) atoms. The Bertz CT molecular complexity index is 799. The van der Waals surface area contributed by atoms with Gasteiger partial charge in [0.25, 0.3) is 5.91 Å². The zero-order valence-electron chi connectivity index (χ0n) is 18.4. The van der Waals surface area contributed by atoms with Gasteiger partial charge in [0, 0.05) is 25.7 Å². The Balaban J connectivity index is 1.34. The van der Waals surface area contributed by atoms with Crippen molar-refractivity contribution in [2.75, 3.05) is 19.6 Å². The third kappa shape index (κ3) is 4.94. The number of amides is 1. The summed E-state index contributed by atoms with van der Waals surface area (Å²) in [5.41, 5.74) is 2.76. The summed E-state index contributed by atoms with van der Waals surface area (Å²) in [6.45, 7) is 6.85. The first-order valence-corrected chi connectivity index (χ1v) is 11.6. The Morgan fingerprint density at radius 3 is 2.43 bits per heavy atom. The highest BCUT2D eigenvalue weighted by Crippen LogP contribution is 2.37. The Morgan fingerprint density at radius 2 is 1.80 bits per heavy atom. The molecule has 1 N–H and O–H groups in total. The minimum Gasteiger partial charge on any atom is -0.361 e. The molecule has 1 aromatic carbocycles. The lowest BCUT2D eigenvalue weighted by Gasteiger charge is -2.38. The fourth-order valence-electron chi connectivity index (χ4n) is 5.37. The van der Waals surface area contributed by atoms with Crippen molar-refractivity contribution in [2.24, 2.45) is 5.92 Å². The molecule has 1 saturated heterocycles. The Labute approximate surface area is 180 Å². The van der Waals surface area contributed by atoms with Crippen molar-refractivity contribution in [3.05, 3.63) is 52.9 Å². The van der Waals surface area contributed by atoms with Crippen LogP contribution in [-0.4, -0.2) is 41.6 Å². The van der Waals surface area contributed by atoms with Gasteiger partial charge in [0.05, 0.1) is 5.69 Å². The predicted molar refractivity (Wildman–Crippen MR) is 119 cm³/mol. The van der Waals surface area contributed by atoms with Crippen molar-refractivity contribution in [2.45, 2.75) is 70.8 Å². The molecule has 1 atom stereocenters. The van der Waals surface area contributed by atoms with Crippen molar-refractivity contribution in [1.82, 2.24) is 15.4 Å². The molecule has 2 fully saturated rings. The summed E-state index contributed by atoms with van der Waals surface area (Å²) < 4.78 is 5.15. The molecule has 1 amide bonds. The SMILES string of the molecule is Cc1noc(C)c1C(=O)NC1CCN(CC(c2ccccc2)C2CCCCC2)CC1. The number of hydrogen-bond donors (Lipinski definition) is 1. The minimum atomic E-state index is -0.0472. The van der Waals surface area contributed by atoms with Gasteiger partial charge >= 0.3 is 0 Å². The van der Waals surface area contributed by atoms with E-state index in [0.29, 0.717) is 22.9 Å². The van der Waals surface area contributed by atoms with E-state index in [1.165, 1.54) is 37.7 Å². The Kier molecular flexibility index (Phi) is 6.88. The summed E-state index contributed by atoms with van der Waals surface area (Å²) in [4.78, 5) is 15.3. The lowest BCUT2D eigenvalue weighted by molar-refractivity contribution is 0.0902. The van der Waals surface area contributed by atoms with Crippen LogP contribution in [0.5, 0.6) is 0 Å². The monoisotopic (exact) mass is 409 g/mol. The molecule has 162 valence electrons. The fourth-order valence-corrected chi connectivity index (χ4v) is 5.37. The van der Waals surface area contributed by atoms with Crippen LogP contribution in [0.15, 0.2) is 34.9 Å². The maximum absolute atomic E-state index is 12.6. The molecule has 1 unspecified atom stereocenters. The third-order valence-electron chi connectivity index (χ3n) is 7.08. The molecule has 0 radical (unpaired) electrons. The van der Waals surface area contributed by atoms with Gasteiger partial charge in [-0.25, -0.2) is 0 Å². The number of piperidine rings is 1. The van der Waals surface area contributed by atoms with Gasteiger partial charge in [-0.05, 0) is 56.9 Å². The highest BCUT2D eigenvalue weighted by molar-refractivity contribution is 5.96. The lowest BCUT2D eigenvalue weighted by Crippen LogP contribution is -2.46. The standard InChI is InChI=1S/C25H35N3O2/c1-18-24(19(2)30-27-18)25(29)26-22-13-15-28(16-14-22)17-23(20-9-5-3-6-10-20)21-11-7-4-8-12-21/h3,5-6,9-10,21-23H,4,7-8,11-17H2,1-2H3,(H,26,29). The second-order valence-electron chi connectivity index (χ2n) is 9.16. The molecule has 2 aliphatic rings. The Morgan fingerprint density at radius 1 is 1.10 bits per heavy atom. The van der Waals surface area contributed by atoms with E-state index in [2.05, 4.69) is 45.7 Å². The predicted octanol–water partition coefficient (Wildman–Crippen LogP) is 4.85. The molecule has 5 nitrogen and oxygen atoms in total. The van der Waals surface area contributed by atoms with E-state index >= 15 is 0 Å². The highest BCUT2D eigenvalue weighted by atomic mass is 16.5. The molecule has 2 aromatic rings. The molecular weight excluding hydrogens is 374 g/mol. The molecule has 1 aliphatic carbocycles. The number of carbonyl (C=O) groups excluding carboxylic acids is 1. The van der Waals surface area contributed by atoms with Crippen LogP contribution in [0.25, 0.3) is 0 Å². The molecule has 2 heterocycles. The van der Waals surface area contributed by atoms with Gasteiger partial charge < -0.3 is 14.7 Å². The van der Waals surface area contributed by atoms with E-state index < -0.39 is 0 Å². The normalized spacial score (nSPS) is 20.2. The zero-order chi connectivity index (χ0) is 20.9. The van der Waals surface area contributed by atoms with Crippen LogP contribution in [0, 0.1) is 19.8 Å². The maximum atomic E-state index is 12.6. The zero-order valence-corrected chi connectivity index (χ0v) is 18.4. The summed E-state index contributed by atoms with van der Waals surface area (Å²) >= 11 is 0. The van der Waals surface area contributed by atoms with Crippen molar-refractivity contribution in [3.63, 3.8) is 0 Å². The van der Waals surface area contributed by atoms with Gasteiger partial charge in [-0.15, -0.1) is 0 Å². The molecule has 0 bridgehead atoms. The number of aromatic nitrogens is 1. The number of hydrogen-bond acceptors (Lipinski definition) is 4. The van der Waals surface area contributed by atoms with E-state index in [9.17, 15) is 4.79 Å². The van der Waals surface area contributed by atoms with E-state index in [4.69, 9.17) is 4.52 Å². The van der Waals surface area contributed by atoms with Crippen molar-refractivity contribution in [1.29, 1.82) is 0 Å². The average Bonchev–Trinajstić information content (AvgIpc) is 3.12. The van der Waals surface area contributed by atoms with E-state index in [-0.39, 0.29) is 11.9 Å². The first-order chi connectivity index (χ1) is 14.6. The first kappa shape index (κ1) is 21.1. The lowest BCUT2D eigenvalue weighted by atomic mass is 9.76. The second-order valence-corrected chi connectivity index (χ2v) is 9.16. The van der Waals surface area contributed by atoms with Crippen LogP contribution in [0.1, 0.15) is 78.2 Å². The second kappa shape index (κ2) is 9.78. The molecule has 1 aromatic heterocycles. The number of benzene rings is 1. The van der Waals surface area contributed by atoms with Crippen LogP contribution < -0.4 is 5.32 Å². The quantitative estimate of drug-likeness (QED) is 0.741. The van der Waals surface area contributed by atoms with Crippen LogP contribution in [0.2, 0.25) is 0 Å². The molecule has 0 spiro atoms. The third-order valence-corrected chi connectivity index (χ3v) is 7.08. The van der Waals surface area contributed by atoms with E-state index in [1.54, 1.807) is 6.92 Å². The van der Waals surface area contributed by atoms with Crippen molar-refractivity contribution < 1.29 is 9.32 Å². The number of nitrogens with zero attached hydrogens (tertiary/aromatic N) is 2. The van der Waals surface area contributed by atoms with Crippen LogP contribution >= 0.6 is 0 Å².